The highest BCUT2D eigenvalue weighted by molar-refractivity contribution is 5.78. The van der Waals surface area contributed by atoms with Gasteiger partial charge in [0.05, 0.1) is 6.54 Å². The molecule has 4 nitrogen and oxygen atoms in total. The number of amides is 1. The van der Waals surface area contributed by atoms with Crippen LogP contribution in [-0.4, -0.2) is 54.0 Å². The van der Waals surface area contributed by atoms with Crippen LogP contribution in [-0.2, 0) is 11.3 Å². The molecule has 0 bridgehead atoms. The smallest absolute Gasteiger partial charge is 0.237 e. The van der Waals surface area contributed by atoms with E-state index in [1.807, 2.05) is 23.1 Å². The average Bonchev–Trinajstić information content (AvgIpc) is 2.48. The minimum atomic E-state index is 0.218. The SMILES string of the molecule is CC(C)N(Cc1ccccc1)C(=O)CN1CCNC[C@H]1C. The fraction of sp³-hybridized carbons (Fsp3) is 0.588. The highest BCUT2D eigenvalue weighted by Gasteiger charge is 2.24. The second kappa shape index (κ2) is 7.57. The average molecular weight is 289 g/mol. The molecule has 21 heavy (non-hydrogen) atoms. The quantitative estimate of drug-likeness (QED) is 0.896. The molecule has 0 unspecified atom stereocenters. The molecule has 1 fully saturated rings. The van der Waals surface area contributed by atoms with Crippen molar-refractivity contribution in [1.82, 2.24) is 15.1 Å². The van der Waals surface area contributed by atoms with Gasteiger partial charge in [-0.25, -0.2) is 0 Å². The molecule has 1 saturated heterocycles. The first-order valence-electron chi connectivity index (χ1n) is 7.86. The van der Waals surface area contributed by atoms with Crippen LogP contribution >= 0.6 is 0 Å². The Bertz CT molecular complexity index is 447. The lowest BCUT2D eigenvalue weighted by molar-refractivity contribution is -0.135. The van der Waals surface area contributed by atoms with Gasteiger partial charge in [-0.2, -0.15) is 0 Å². The van der Waals surface area contributed by atoms with Gasteiger partial charge in [0, 0.05) is 38.3 Å². The molecule has 1 aliphatic rings. The van der Waals surface area contributed by atoms with Crippen molar-refractivity contribution in [3.8, 4) is 0 Å². The van der Waals surface area contributed by atoms with Crippen molar-refractivity contribution >= 4 is 5.91 Å². The number of carbonyl (C=O) groups excluding carboxylic acids is 1. The lowest BCUT2D eigenvalue weighted by atomic mass is 10.1. The molecule has 4 heteroatoms. The summed E-state index contributed by atoms with van der Waals surface area (Å²) in [5.74, 6) is 0.225. The van der Waals surface area contributed by atoms with Crippen LogP contribution in [0, 0.1) is 0 Å². The van der Waals surface area contributed by atoms with Crippen molar-refractivity contribution in [2.75, 3.05) is 26.2 Å². The van der Waals surface area contributed by atoms with Gasteiger partial charge in [0.2, 0.25) is 5.91 Å². The zero-order valence-electron chi connectivity index (χ0n) is 13.4. The summed E-state index contributed by atoms with van der Waals surface area (Å²) in [6, 6.07) is 10.9. The van der Waals surface area contributed by atoms with Gasteiger partial charge in [-0.15, -0.1) is 0 Å². The molecule has 1 atom stereocenters. The Morgan fingerprint density at radius 2 is 2.10 bits per heavy atom. The van der Waals surface area contributed by atoms with E-state index in [0.29, 0.717) is 19.1 Å². The molecule has 1 N–H and O–H groups in total. The van der Waals surface area contributed by atoms with E-state index in [2.05, 4.69) is 43.1 Å². The normalized spacial score (nSPS) is 19.7. The first-order valence-corrected chi connectivity index (χ1v) is 7.86. The molecule has 0 aliphatic carbocycles. The zero-order valence-corrected chi connectivity index (χ0v) is 13.4. The molecule has 1 aliphatic heterocycles. The van der Waals surface area contributed by atoms with E-state index in [1.165, 1.54) is 5.56 Å². The van der Waals surface area contributed by atoms with Gasteiger partial charge in [0.1, 0.15) is 0 Å². The second-order valence-corrected chi connectivity index (χ2v) is 6.12. The van der Waals surface area contributed by atoms with E-state index in [-0.39, 0.29) is 11.9 Å². The summed E-state index contributed by atoms with van der Waals surface area (Å²) in [6.45, 7) is 10.4. The van der Waals surface area contributed by atoms with Gasteiger partial charge < -0.3 is 10.2 Å². The Morgan fingerprint density at radius 1 is 1.38 bits per heavy atom. The van der Waals surface area contributed by atoms with Crippen molar-refractivity contribution < 1.29 is 4.79 Å². The molecule has 0 aromatic heterocycles. The van der Waals surface area contributed by atoms with Crippen LogP contribution in [0.4, 0.5) is 0 Å². The second-order valence-electron chi connectivity index (χ2n) is 6.12. The summed E-state index contributed by atoms with van der Waals surface area (Å²) >= 11 is 0. The van der Waals surface area contributed by atoms with Crippen LogP contribution < -0.4 is 5.32 Å². The highest BCUT2D eigenvalue weighted by atomic mass is 16.2. The maximum Gasteiger partial charge on any atom is 0.237 e. The van der Waals surface area contributed by atoms with Crippen molar-refractivity contribution in [3.05, 3.63) is 35.9 Å². The van der Waals surface area contributed by atoms with Crippen molar-refractivity contribution in [1.29, 1.82) is 0 Å². The van der Waals surface area contributed by atoms with E-state index >= 15 is 0 Å². The third-order valence-corrected chi connectivity index (χ3v) is 4.12. The number of benzene rings is 1. The number of hydrogen-bond acceptors (Lipinski definition) is 3. The van der Waals surface area contributed by atoms with Crippen molar-refractivity contribution in [2.24, 2.45) is 0 Å². The minimum absolute atomic E-state index is 0.218. The third-order valence-electron chi connectivity index (χ3n) is 4.12. The van der Waals surface area contributed by atoms with Gasteiger partial charge in [-0.1, -0.05) is 30.3 Å². The molecule has 0 spiro atoms. The van der Waals surface area contributed by atoms with Gasteiger partial charge in [0.15, 0.2) is 0 Å². The molecule has 0 radical (unpaired) electrons. The largest absolute Gasteiger partial charge is 0.335 e. The van der Waals surface area contributed by atoms with Crippen LogP contribution in [0.1, 0.15) is 26.3 Å². The Balaban J connectivity index is 1.98. The Morgan fingerprint density at radius 3 is 2.71 bits per heavy atom. The van der Waals surface area contributed by atoms with E-state index in [4.69, 9.17) is 0 Å². The summed E-state index contributed by atoms with van der Waals surface area (Å²) < 4.78 is 0. The van der Waals surface area contributed by atoms with Crippen LogP contribution in [0.5, 0.6) is 0 Å². The van der Waals surface area contributed by atoms with Gasteiger partial charge in [0.25, 0.3) is 0 Å². The van der Waals surface area contributed by atoms with Crippen molar-refractivity contribution in [3.63, 3.8) is 0 Å². The lowest BCUT2D eigenvalue weighted by Gasteiger charge is -2.36. The molecule has 1 heterocycles. The zero-order chi connectivity index (χ0) is 15.2. The number of hydrogen-bond donors (Lipinski definition) is 1. The van der Waals surface area contributed by atoms with Crippen molar-refractivity contribution in [2.45, 2.75) is 39.4 Å². The maximum absolute atomic E-state index is 12.7. The summed E-state index contributed by atoms with van der Waals surface area (Å²) in [7, 11) is 0. The number of nitrogens with zero attached hydrogens (tertiary/aromatic N) is 2. The third kappa shape index (κ3) is 4.55. The lowest BCUT2D eigenvalue weighted by Crippen LogP contribution is -2.53. The highest BCUT2D eigenvalue weighted by Crippen LogP contribution is 2.11. The summed E-state index contributed by atoms with van der Waals surface area (Å²) in [6.07, 6.45) is 0. The van der Waals surface area contributed by atoms with E-state index in [9.17, 15) is 4.79 Å². The predicted molar refractivity (Wildman–Crippen MR) is 86.0 cm³/mol. The molecule has 2 rings (SSSR count). The van der Waals surface area contributed by atoms with Crippen LogP contribution in [0.15, 0.2) is 30.3 Å². The fourth-order valence-corrected chi connectivity index (χ4v) is 2.72. The molecule has 116 valence electrons. The monoisotopic (exact) mass is 289 g/mol. The van der Waals surface area contributed by atoms with E-state index < -0.39 is 0 Å². The van der Waals surface area contributed by atoms with E-state index in [1.54, 1.807) is 0 Å². The number of piperazine rings is 1. The molecular weight excluding hydrogens is 262 g/mol. The van der Waals surface area contributed by atoms with Crippen LogP contribution in [0.2, 0.25) is 0 Å². The number of carbonyl (C=O) groups is 1. The first kappa shape index (κ1) is 16.0. The maximum atomic E-state index is 12.7. The molecule has 1 aromatic carbocycles. The Kier molecular flexibility index (Phi) is 5.76. The molecule has 1 aromatic rings. The topological polar surface area (TPSA) is 35.6 Å². The van der Waals surface area contributed by atoms with Gasteiger partial charge >= 0.3 is 0 Å². The summed E-state index contributed by atoms with van der Waals surface area (Å²) in [5.41, 5.74) is 1.19. The Labute approximate surface area is 128 Å². The Hall–Kier alpha value is -1.39. The molecule has 0 saturated carbocycles. The van der Waals surface area contributed by atoms with Crippen LogP contribution in [0.3, 0.4) is 0 Å². The first-order chi connectivity index (χ1) is 10.1. The molecule has 1 amide bonds. The van der Waals surface area contributed by atoms with Gasteiger partial charge in [-0.3, -0.25) is 9.69 Å². The summed E-state index contributed by atoms with van der Waals surface area (Å²) in [4.78, 5) is 16.9. The standard InChI is InChI=1S/C17H27N3O/c1-14(2)20(12-16-7-5-4-6-8-16)17(21)13-19-10-9-18-11-15(19)3/h4-8,14-15,18H,9-13H2,1-3H3/t15-/m1/s1. The number of rotatable bonds is 5. The predicted octanol–water partition coefficient (Wildman–Crippen LogP) is 1.72. The van der Waals surface area contributed by atoms with Crippen LogP contribution in [0.25, 0.3) is 0 Å². The fourth-order valence-electron chi connectivity index (χ4n) is 2.72. The van der Waals surface area contributed by atoms with E-state index in [0.717, 1.165) is 19.6 Å². The minimum Gasteiger partial charge on any atom is -0.335 e. The summed E-state index contributed by atoms with van der Waals surface area (Å²) in [5, 5.41) is 3.36. The number of nitrogens with one attached hydrogen (secondary N) is 1. The molecular formula is C17H27N3O. The van der Waals surface area contributed by atoms with Gasteiger partial charge in [-0.05, 0) is 26.3 Å².